The van der Waals surface area contributed by atoms with Crippen LogP contribution in [0.5, 0.6) is 5.75 Å². The molecule has 1 unspecified atom stereocenters. The lowest BCUT2D eigenvalue weighted by molar-refractivity contribution is -0.137. The summed E-state index contributed by atoms with van der Waals surface area (Å²) in [6.45, 7) is 5.09. The highest BCUT2D eigenvalue weighted by Gasteiger charge is 2.37. The van der Waals surface area contributed by atoms with Crippen LogP contribution in [0.4, 0.5) is 4.39 Å². The fourth-order valence-corrected chi connectivity index (χ4v) is 6.60. The average molecular weight is 505 g/mol. The molecule has 196 valence electrons. The summed E-state index contributed by atoms with van der Waals surface area (Å²) in [5.41, 5.74) is 6.35. The molecule has 0 aromatic heterocycles. The lowest BCUT2D eigenvalue weighted by Gasteiger charge is -2.30. The highest BCUT2D eigenvalue weighted by Crippen LogP contribution is 2.51. The number of carbonyl (C=O) groups is 1. The number of hydrogen-bond acceptors (Lipinski definition) is 3. The van der Waals surface area contributed by atoms with Crippen LogP contribution >= 0.6 is 0 Å². The number of fused-ring (bicyclic) bond motifs is 1. The Morgan fingerprint density at radius 3 is 2.70 bits per heavy atom. The highest BCUT2D eigenvalue weighted by molar-refractivity contribution is 5.71. The first-order valence-corrected chi connectivity index (χ1v) is 13.5. The number of halogens is 1. The molecule has 0 heterocycles. The maximum Gasteiger partial charge on any atom is 0.303 e. The lowest BCUT2D eigenvalue weighted by atomic mass is 9.75. The molecule has 4 nitrogen and oxygen atoms in total. The second-order valence-electron chi connectivity index (χ2n) is 11.5. The van der Waals surface area contributed by atoms with Crippen LogP contribution < -0.4 is 4.74 Å². The third kappa shape index (κ3) is 5.38. The van der Waals surface area contributed by atoms with Crippen LogP contribution in [0.3, 0.4) is 0 Å². The zero-order valence-electron chi connectivity index (χ0n) is 22.1. The largest absolute Gasteiger partial charge is 0.497 e. The van der Waals surface area contributed by atoms with Gasteiger partial charge < -0.3 is 14.6 Å². The maximum atomic E-state index is 15.0. The van der Waals surface area contributed by atoms with Gasteiger partial charge in [0.1, 0.15) is 11.6 Å². The van der Waals surface area contributed by atoms with Gasteiger partial charge in [-0.15, -0.1) is 0 Å². The molecule has 37 heavy (non-hydrogen) atoms. The molecule has 5 rings (SSSR count). The molecule has 2 saturated carbocycles. The Morgan fingerprint density at radius 1 is 1.14 bits per heavy atom. The van der Waals surface area contributed by atoms with Crippen LogP contribution in [0.2, 0.25) is 0 Å². The van der Waals surface area contributed by atoms with Gasteiger partial charge in [0.2, 0.25) is 0 Å². The Kier molecular flexibility index (Phi) is 7.26. The van der Waals surface area contributed by atoms with E-state index in [0.29, 0.717) is 23.8 Å². The standard InChI is InChI=1S/C32H37FO4/c1-32(2)14-4-5-29(32)27-15-20(6-12-25(27)28-17-23(36-3)11-13-30(28)33)19-37-24-10-9-21-7-8-22(16-31(34)35)26(21)18-24/h6,9,11-13,15,17-18,22,24,29H,4-5,7-8,10,14,16,19H2,1-3H3,(H,34,35)/t22-,24?,29-/m1/s1. The maximum absolute atomic E-state index is 15.0. The molecule has 3 atom stereocenters. The Bertz CT molecular complexity index is 1240. The third-order valence-corrected chi connectivity index (χ3v) is 8.63. The molecule has 2 aromatic rings. The molecule has 1 N–H and O–H groups in total. The molecule has 3 aliphatic rings. The number of benzene rings is 2. The van der Waals surface area contributed by atoms with E-state index in [-0.39, 0.29) is 29.7 Å². The number of hydrogen-bond donors (Lipinski definition) is 1. The molecule has 3 aliphatic carbocycles. The zero-order valence-corrected chi connectivity index (χ0v) is 22.1. The van der Waals surface area contributed by atoms with Gasteiger partial charge in [-0.25, -0.2) is 4.39 Å². The van der Waals surface area contributed by atoms with Gasteiger partial charge in [-0.05, 0) is 95.4 Å². The summed E-state index contributed by atoms with van der Waals surface area (Å²) in [6.07, 6.45) is 10.6. The first-order chi connectivity index (χ1) is 17.7. The Labute approximate surface area is 219 Å². The smallest absolute Gasteiger partial charge is 0.303 e. The van der Waals surface area contributed by atoms with Crippen molar-refractivity contribution in [3.8, 4) is 16.9 Å². The number of ether oxygens (including phenoxy) is 2. The molecule has 0 saturated heterocycles. The first-order valence-electron chi connectivity index (χ1n) is 13.5. The average Bonchev–Trinajstić information content (AvgIpc) is 3.44. The van der Waals surface area contributed by atoms with Crippen molar-refractivity contribution in [2.45, 2.75) is 77.4 Å². The minimum Gasteiger partial charge on any atom is -0.497 e. The first kappa shape index (κ1) is 25.7. The normalized spacial score (nSPS) is 24.4. The van der Waals surface area contributed by atoms with Gasteiger partial charge in [-0.2, -0.15) is 0 Å². The van der Waals surface area contributed by atoms with Crippen LogP contribution in [0.1, 0.15) is 75.8 Å². The summed E-state index contributed by atoms with van der Waals surface area (Å²) >= 11 is 0. The zero-order chi connectivity index (χ0) is 26.2. The molecule has 2 aromatic carbocycles. The number of allylic oxidation sites excluding steroid dienone is 2. The van der Waals surface area contributed by atoms with Crippen molar-refractivity contribution < 1.29 is 23.8 Å². The fourth-order valence-electron chi connectivity index (χ4n) is 6.60. The van der Waals surface area contributed by atoms with E-state index < -0.39 is 5.97 Å². The highest BCUT2D eigenvalue weighted by atomic mass is 19.1. The van der Waals surface area contributed by atoms with Crippen molar-refractivity contribution in [3.63, 3.8) is 0 Å². The van der Waals surface area contributed by atoms with E-state index in [2.05, 4.69) is 32.1 Å². The van der Waals surface area contributed by atoms with Gasteiger partial charge in [0, 0.05) is 5.56 Å². The second kappa shape index (κ2) is 10.4. The van der Waals surface area contributed by atoms with Gasteiger partial charge >= 0.3 is 5.97 Å². The quantitative estimate of drug-likeness (QED) is 0.398. The predicted molar refractivity (Wildman–Crippen MR) is 143 cm³/mol. The number of methoxy groups -OCH3 is 1. The summed E-state index contributed by atoms with van der Waals surface area (Å²) in [7, 11) is 1.60. The van der Waals surface area contributed by atoms with E-state index in [1.807, 2.05) is 12.1 Å². The second-order valence-corrected chi connectivity index (χ2v) is 11.5. The Morgan fingerprint density at radius 2 is 1.97 bits per heavy atom. The molecular weight excluding hydrogens is 467 g/mol. The minimum absolute atomic E-state index is 0.0602. The summed E-state index contributed by atoms with van der Waals surface area (Å²) in [5.74, 6) is 0.0798. The van der Waals surface area contributed by atoms with E-state index >= 15 is 4.39 Å². The van der Waals surface area contributed by atoms with Crippen LogP contribution in [0, 0.1) is 17.2 Å². The molecule has 2 fully saturated rings. The fraction of sp³-hybridized carbons (Fsp3) is 0.469. The van der Waals surface area contributed by atoms with Crippen molar-refractivity contribution in [3.05, 3.63) is 76.6 Å². The summed E-state index contributed by atoms with van der Waals surface area (Å²) in [5, 5.41) is 9.28. The van der Waals surface area contributed by atoms with Crippen LogP contribution in [-0.4, -0.2) is 24.3 Å². The van der Waals surface area contributed by atoms with Crippen LogP contribution in [-0.2, 0) is 16.1 Å². The third-order valence-electron chi connectivity index (χ3n) is 8.63. The van der Waals surface area contributed by atoms with E-state index in [1.54, 1.807) is 19.2 Å². The van der Waals surface area contributed by atoms with Gasteiger partial charge in [0.25, 0.3) is 0 Å². The van der Waals surface area contributed by atoms with Crippen molar-refractivity contribution in [1.82, 2.24) is 0 Å². The van der Waals surface area contributed by atoms with E-state index in [1.165, 1.54) is 23.6 Å². The SMILES string of the molecule is COc1ccc(F)c(-c2ccc(COC3C=C4C(=CC3)CC[C@@H]4CC(=O)O)cc2[C@H]2CCCC2(C)C)c1. The van der Waals surface area contributed by atoms with Crippen molar-refractivity contribution >= 4 is 5.97 Å². The topological polar surface area (TPSA) is 55.8 Å². The molecule has 0 radical (unpaired) electrons. The van der Waals surface area contributed by atoms with Crippen molar-refractivity contribution in [1.29, 1.82) is 0 Å². The van der Waals surface area contributed by atoms with Crippen LogP contribution in [0.15, 0.2) is 59.7 Å². The molecule has 0 amide bonds. The Balaban J connectivity index is 1.41. The van der Waals surface area contributed by atoms with E-state index in [0.717, 1.165) is 48.8 Å². The molecular formula is C32H37FO4. The van der Waals surface area contributed by atoms with Gasteiger partial charge in [-0.1, -0.05) is 50.6 Å². The summed E-state index contributed by atoms with van der Waals surface area (Å²) in [4.78, 5) is 11.3. The van der Waals surface area contributed by atoms with Gasteiger partial charge in [-0.3, -0.25) is 4.79 Å². The number of carboxylic acid groups (broad SMARTS) is 1. The predicted octanol–water partition coefficient (Wildman–Crippen LogP) is 7.82. The van der Waals surface area contributed by atoms with Crippen molar-refractivity contribution in [2.75, 3.05) is 7.11 Å². The van der Waals surface area contributed by atoms with Crippen molar-refractivity contribution in [2.24, 2.45) is 11.3 Å². The van der Waals surface area contributed by atoms with E-state index in [4.69, 9.17) is 9.47 Å². The summed E-state index contributed by atoms with van der Waals surface area (Å²) in [6, 6.07) is 11.2. The molecule has 0 aliphatic heterocycles. The Hall–Kier alpha value is -2.92. The molecule has 0 bridgehead atoms. The number of aliphatic carboxylic acids is 1. The lowest BCUT2D eigenvalue weighted by Crippen LogP contribution is -2.17. The van der Waals surface area contributed by atoms with E-state index in [9.17, 15) is 9.90 Å². The minimum atomic E-state index is -0.745. The molecule has 5 heteroatoms. The molecule has 0 spiro atoms. The monoisotopic (exact) mass is 504 g/mol. The number of carboxylic acids is 1. The number of rotatable bonds is 8. The van der Waals surface area contributed by atoms with Gasteiger partial charge in [0.15, 0.2) is 0 Å². The van der Waals surface area contributed by atoms with Crippen LogP contribution in [0.25, 0.3) is 11.1 Å². The van der Waals surface area contributed by atoms with Gasteiger partial charge in [0.05, 0.1) is 26.2 Å². The summed E-state index contributed by atoms with van der Waals surface area (Å²) < 4.78 is 26.8.